The Bertz CT molecular complexity index is 1320. The Hall–Kier alpha value is -4.12. The van der Waals surface area contributed by atoms with Gasteiger partial charge in [0.15, 0.2) is 0 Å². The molecule has 0 spiro atoms. The molecule has 142 valence electrons. The van der Waals surface area contributed by atoms with Crippen LogP contribution < -0.4 is 0 Å². The van der Waals surface area contributed by atoms with Crippen molar-refractivity contribution < 1.29 is 0 Å². The van der Waals surface area contributed by atoms with Crippen LogP contribution in [-0.2, 0) is 25.7 Å². The molecule has 0 heterocycles. The molecule has 6 bridgehead atoms. The quantitative estimate of drug-likeness (QED) is 0.544. The summed E-state index contributed by atoms with van der Waals surface area (Å²) in [5.41, 5.74) is 5.22. The van der Waals surface area contributed by atoms with Gasteiger partial charge in [-0.3, -0.25) is 0 Å². The first-order valence-electron chi connectivity index (χ1n) is 10.0. The standard InChI is InChI=1S/C26H18N4/c27-13-20-12-11-19-5-1-3-17-7-9-18(10-8-17)4-2-6-21-22(14-28)23(15-29)24(16-30)25(19)26(20)21/h7-12H,1-6H2. The van der Waals surface area contributed by atoms with Crippen molar-refractivity contribution >= 4 is 10.8 Å². The molecule has 4 nitrogen and oxygen atoms in total. The Morgan fingerprint density at radius 2 is 1.13 bits per heavy atom. The highest BCUT2D eigenvalue weighted by atomic mass is 14.3. The number of nitrogens with zero attached hydrogens (tertiary/aromatic N) is 4. The second-order valence-electron chi connectivity index (χ2n) is 7.60. The molecule has 0 radical (unpaired) electrons. The highest BCUT2D eigenvalue weighted by Gasteiger charge is 2.23. The van der Waals surface area contributed by atoms with Crippen molar-refractivity contribution in [3.05, 3.63) is 80.9 Å². The normalized spacial score (nSPS) is 13.1. The highest BCUT2D eigenvalue weighted by molar-refractivity contribution is 6.00. The Balaban J connectivity index is 2.06. The summed E-state index contributed by atoms with van der Waals surface area (Å²) in [7, 11) is 0. The maximum Gasteiger partial charge on any atom is 0.102 e. The van der Waals surface area contributed by atoms with Crippen molar-refractivity contribution in [2.75, 3.05) is 0 Å². The zero-order chi connectivity index (χ0) is 21.1. The van der Waals surface area contributed by atoms with Crippen LogP contribution in [0.15, 0.2) is 36.4 Å². The molecule has 4 heteroatoms. The monoisotopic (exact) mass is 386 g/mol. The van der Waals surface area contributed by atoms with Crippen LogP contribution in [0.4, 0.5) is 0 Å². The van der Waals surface area contributed by atoms with Crippen molar-refractivity contribution in [2.45, 2.75) is 38.5 Å². The Morgan fingerprint density at radius 3 is 1.70 bits per heavy atom. The molecule has 2 aliphatic carbocycles. The van der Waals surface area contributed by atoms with Crippen molar-refractivity contribution in [1.29, 1.82) is 21.0 Å². The first-order valence-corrected chi connectivity index (χ1v) is 10.0. The van der Waals surface area contributed by atoms with Crippen LogP contribution in [0, 0.1) is 45.3 Å². The Labute approximate surface area is 175 Å². The van der Waals surface area contributed by atoms with Gasteiger partial charge in [-0.15, -0.1) is 0 Å². The predicted octanol–water partition coefficient (Wildman–Crippen LogP) is 4.99. The Kier molecular flexibility index (Phi) is 5.18. The van der Waals surface area contributed by atoms with Crippen molar-refractivity contribution in [3.8, 4) is 24.3 Å². The minimum atomic E-state index is 0.134. The maximum absolute atomic E-state index is 9.91. The van der Waals surface area contributed by atoms with Crippen LogP contribution in [0.2, 0.25) is 0 Å². The largest absolute Gasteiger partial charge is 0.192 e. The topological polar surface area (TPSA) is 95.2 Å². The van der Waals surface area contributed by atoms with Gasteiger partial charge < -0.3 is 0 Å². The van der Waals surface area contributed by atoms with Gasteiger partial charge >= 0.3 is 0 Å². The van der Waals surface area contributed by atoms with E-state index in [-0.39, 0.29) is 16.7 Å². The van der Waals surface area contributed by atoms with Gasteiger partial charge in [-0.05, 0) is 66.8 Å². The number of benzene rings is 3. The van der Waals surface area contributed by atoms with Crippen LogP contribution in [0.1, 0.15) is 57.3 Å². The van der Waals surface area contributed by atoms with Gasteiger partial charge in [0.25, 0.3) is 0 Å². The number of hydrogen-bond donors (Lipinski definition) is 0. The lowest BCUT2D eigenvalue weighted by atomic mass is 9.83. The van der Waals surface area contributed by atoms with E-state index in [1.807, 2.05) is 6.07 Å². The minimum absolute atomic E-state index is 0.134. The Morgan fingerprint density at radius 1 is 0.533 bits per heavy atom. The summed E-state index contributed by atoms with van der Waals surface area (Å²) in [5.74, 6) is 0. The zero-order valence-electron chi connectivity index (χ0n) is 16.5. The van der Waals surface area contributed by atoms with Gasteiger partial charge in [-0.25, -0.2) is 0 Å². The molecule has 2 aliphatic rings. The van der Waals surface area contributed by atoms with Crippen molar-refractivity contribution in [3.63, 3.8) is 0 Å². The van der Waals surface area contributed by atoms with Crippen LogP contribution in [0.3, 0.4) is 0 Å². The molecular formula is C26H18N4. The second kappa shape index (κ2) is 8.09. The van der Waals surface area contributed by atoms with E-state index in [0.717, 1.165) is 43.2 Å². The van der Waals surface area contributed by atoms with E-state index in [0.29, 0.717) is 22.8 Å². The van der Waals surface area contributed by atoms with E-state index < -0.39 is 0 Å². The highest BCUT2D eigenvalue weighted by Crippen LogP contribution is 2.36. The van der Waals surface area contributed by atoms with Gasteiger partial charge in [0.1, 0.15) is 18.2 Å². The molecule has 0 N–H and O–H groups in total. The van der Waals surface area contributed by atoms with Crippen LogP contribution >= 0.6 is 0 Å². The third kappa shape index (κ3) is 3.16. The third-order valence-electron chi connectivity index (χ3n) is 5.93. The molecule has 0 aromatic heterocycles. The molecule has 3 aromatic carbocycles. The lowest BCUT2D eigenvalue weighted by Gasteiger charge is -2.18. The SMILES string of the molecule is N#Cc1c(C#N)c2c3c(C#N)ccc(c3c1C#N)CCCc1ccc(cc1)CCC2. The van der Waals surface area contributed by atoms with Gasteiger partial charge in [-0.2, -0.15) is 21.0 Å². The van der Waals surface area contributed by atoms with Crippen LogP contribution in [-0.4, -0.2) is 0 Å². The molecule has 0 saturated carbocycles. The molecule has 5 rings (SSSR count). The summed E-state index contributed by atoms with van der Waals surface area (Å²) < 4.78 is 0. The second-order valence-corrected chi connectivity index (χ2v) is 7.60. The molecule has 0 atom stereocenters. The van der Waals surface area contributed by atoms with Crippen LogP contribution in [0.25, 0.3) is 10.8 Å². The number of hydrogen-bond acceptors (Lipinski definition) is 4. The summed E-state index contributed by atoms with van der Waals surface area (Å²) in [4.78, 5) is 0. The van der Waals surface area contributed by atoms with Gasteiger partial charge in [0.05, 0.1) is 28.3 Å². The number of nitriles is 4. The number of aryl methyl sites for hydroxylation is 4. The average Bonchev–Trinajstić information content (AvgIpc) is 2.78. The summed E-state index contributed by atoms with van der Waals surface area (Å²) in [5, 5.41) is 40.7. The molecule has 0 amide bonds. The molecule has 30 heavy (non-hydrogen) atoms. The first-order chi connectivity index (χ1) is 14.7. The van der Waals surface area contributed by atoms with E-state index in [4.69, 9.17) is 0 Å². The van der Waals surface area contributed by atoms with Gasteiger partial charge in [-0.1, -0.05) is 30.3 Å². The maximum atomic E-state index is 9.91. The summed E-state index contributed by atoms with van der Waals surface area (Å²) in [6.45, 7) is 0. The molecule has 0 unspecified atom stereocenters. The zero-order valence-corrected chi connectivity index (χ0v) is 16.5. The van der Waals surface area contributed by atoms with Gasteiger partial charge in [0.2, 0.25) is 0 Å². The van der Waals surface area contributed by atoms with E-state index in [1.165, 1.54) is 11.1 Å². The van der Waals surface area contributed by atoms with E-state index >= 15 is 0 Å². The third-order valence-corrected chi connectivity index (χ3v) is 5.93. The molecule has 0 aliphatic heterocycles. The molecule has 0 saturated heterocycles. The van der Waals surface area contributed by atoms with Crippen molar-refractivity contribution in [2.24, 2.45) is 0 Å². The average molecular weight is 386 g/mol. The molecule has 0 fully saturated rings. The molecular weight excluding hydrogens is 368 g/mol. The van der Waals surface area contributed by atoms with E-state index in [9.17, 15) is 21.0 Å². The predicted molar refractivity (Wildman–Crippen MR) is 113 cm³/mol. The lowest BCUT2D eigenvalue weighted by Crippen LogP contribution is -2.06. The fourth-order valence-electron chi connectivity index (χ4n) is 4.49. The lowest BCUT2D eigenvalue weighted by molar-refractivity contribution is 0.809. The van der Waals surface area contributed by atoms with E-state index in [1.54, 1.807) is 6.07 Å². The minimum Gasteiger partial charge on any atom is -0.192 e. The first kappa shape index (κ1) is 19.2. The van der Waals surface area contributed by atoms with E-state index in [2.05, 4.69) is 48.5 Å². The molecule has 3 aromatic rings. The summed E-state index contributed by atoms with van der Waals surface area (Å²) >= 11 is 0. The van der Waals surface area contributed by atoms with Crippen LogP contribution in [0.5, 0.6) is 0 Å². The van der Waals surface area contributed by atoms with Crippen molar-refractivity contribution in [1.82, 2.24) is 0 Å². The fourth-order valence-corrected chi connectivity index (χ4v) is 4.49. The number of fused-ring (bicyclic) bond motifs is 6. The number of rotatable bonds is 0. The summed E-state index contributed by atoms with van der Waals surface area (Å²) in [6.07, 6.45) is 4.74. The fraction of sp³-hybridized carbons (Fsp3) is 0.231. The van der Waals surface area contributed by atoms with Gasteiger partial charge in [0, 0.05) is 10.8 Å². The smallest absolute Gasteiger partial charge is 0.102 e. The summed E-state index contributed by atoms with van der Waals surface area (Å²) in [6, 6.07) is 21.0.